The highest BCUT2D eigenvalue weighted by molar-refractivity contribution is 5.91. The van der Waals surface area contributed by atoms with Crippen LogP contribution in [0.25, 0.3) is 10.9 Å². The van der Waals surface area contributed by atoms with Crippen LogP contribution >= 0.6 is 0 Å². The fourth-order valence-electron chi connectivity index (χ4n) is 4.73. The predicted molar refractivity (Wildman–Crippen MR) is 142 cm³/mol. The molecule has 0 N–H and O–H groups in total. The smallest absolute Gasteiger partial charge is 0.257 e. The second kappa shape index (κ2) is 17.6. The number of hydrogen-bond donors (Lipinski definition) is 0. The predicted octanol–water partition coefficient (Wildman–Crippen LogP) is 9.07. The normalized spacial score (nSPS) is 11.3. The van der Waals surface area contributed by atoms with E-state index in [1.807, 2.05) is 24.3 Å². The van der Waals surface area contributed by atoms with Crippen LogP contribution in [0, 0.1) is 0 Å². The van der Waals surface area contributed by atoms with Crippen molar-refractivity contribution in [3.8, 4) is 0 Å². The molecule has 1 heterocycles. The molecule has 1 aromatic heterocycles. The molecule has 0 atom stereocenters. The first-order valence-corrected chi connectivity index (χ1v) is 13.9. The lowest BCUT2D eigenvalue weighted by Gasteiger charge is -2.08. The second-order valence-electron chi connectivity index (χ2n) is 9.72. The van der Waals surface area contributed by atoms with Gasteiger partial charge in [-0.05, 0) is 23.9 Å². The van der Waals surface area contributed by atoms with Crippen LogP contribution in [0.5, 0.6) is 0 Å². The maximum Gasteiger partial charge on any atom is 0.257 e. The molecule has 0 saturated heterocycles. The van der Waals surface area contributed by atoms with E-state index in [0.29, 0.717) is 6.42 Å². The van der Waals surface area contributed by atoms with Gasteiger partial charge < -0.3 is 0 Å². The summed E-state index contributed by atoms with van der Waals surface area (Å²) < 4.78 is 1.35. The Morgan fingerprint density at radius 1 is 0.606 bits per heavy atom. The van der Waals surface area contributed by atoms with E-state index in [1.54, 1.807) is 6.07 Å². The Kier molecular flexibility index (Phi) is 14.6. The van der Waals surface area contributed by atoms with E-state index in [4.69, 9.17) is 0 Å². The molecule has 3 heteroatoms. The average Bonchev–Trinajstić information content (AvgIpc) is 2.83. The van der Waals surface area contributed by atoms with E-state index in [9.17, 15) is 9.59 Å². The topological polar surface area (TPSA) is 39.1 Å². The minimum atomic E-state index is -0.221. The third-order valence-corrected chi connectivity index (χ3v) is 6.80. The van der Waals surface area contributed by atoms with Crippen LogP contribution in [0.2, 0.25) is 0 Å². The number of carbonyl (C=O) groups is 1. The number of aromatic nitrogens is 1. The Bertz CT molecular complexity index is 839. The molecule has 0 fully saturated rings. The monoisotopic (exact) mass is 453 g/mol. The Balaban J connectivity index is 1.41. The van der Waals surface area contributed by atoms with Gasteiger partial charge in [0.05, 0.1) is 5.52 Å². The number of benzene rings is 1. The van der Waals surface area contributed by atoms with Crippen molar-refractivity contribution in [2.45, 2.75) is 129 Å². The highest BCUT2D eigenvalue weighted by Crippen LogP contribution is 2.16. The number of pyridine rings is 1. The van der Waals surface area contributed by atoms with Crippen LogP contribution in [0.4, 0.5) is 0 Å². The van der Waals surface area contributed by atoms with Gasteiger partial charge in [-0.1, -0.05) is 134 Å². The molecule has 0 bridgehead atoms. The maximum absolute atomic E-state index is 12.6. The number of rotatable bonds is 19. The van der Waals surface area contributed by atoms with Crippen molar-refractivity contribution in [1.29, 1.82) is 0 Å². The lowest BCUT2D eigenvalue weighted by atomic mass is 10.0. The quantitative estimate of drug-likeness (QED) is 0.199. The number of unbranched alkanes of at least 4 members (excludes halogenated alkanes) is 17. The largest absolute Gasteiger partial charge is 0.274 e. The summed E-state index contributed by atoms with van der Waals surface area (Å²) in [6.45, 7) is 2.28. The molecular formula is C30H47NO2. The molecule has 2 aromatic rings. The molecule has 1 aromatic carbocycles. The van der Waals surface area contributed by atoms with E-state index in [0.717, 1.165) is 23.7 Å². The third-order valence-electron chi connectivity index (χ3n) is 6.80. The van der Waals surface area contributed by atoms with Crippen molar-refractivity contribution in [2.75, 3.05) is 0 Å². The van der Waals surface area contributed by atoms with Crippen LogP contribution in [-0.4, -0.2) is 10.5 Å². The zero-order valence-electron chi connectivity index (χ0n) is 21.2. The van der Waals surface area contributed by atoms with Crippen molar-refractivity contribution in [3.05, 3.63) is 46.8 Å². The second-order valence-corrected chi connectivity index (χ2v) is 9.72. The third kappa shape index (κ3) is 11.2. The molecule has 0 saturated carbocycles. The summed E-state index contributed by atoms with van der Waals surface area (Å²) in [6.07, 6.45) is 24.5. The van der Waals surface area contributed by atoms with Crippen LogP contribution in [-0.2, 0) is 0 Å². The van der Waals surface area contributed by atoms with Crippen LogP contribution in [0.15, 0.2) is 41.2 Å². The van der Waals surface area contributed by atoms with Gasteiger partial charge in [0.15, 0.2) is 0 Å². The van der Waals surface area contributed by atoms with Gasteiger partial charge in [0, 0.05) is 12.5 Å². The zero-order chi connectivity index (χ0) is 23.6. The molecule has 0 aliphatic carbocycles. The molecule has 0 aliphatic heterocycles. The first-order chi connectivity index (χ1) is 16.2. The van der Waals surface area contributed by atoms with Crippen molar-refractivity contribution in [3.63, 3.8) is 0 Å². The molecule has 0 radical (unpaired) electrons. The summed E-state index contributed by atoms with van der Waals surface area (Å²) in [5, 5.41) is 0.934. The number of carbonyl (C=O) groups excluding carboxylic acids is 1. The van der Waals surface area contributed by atoms with Gasteiger partial charge >= 0.3 is 0 Å². The SMILES string of the molecule is CCCCCCCCCCCCCCCCCCCCC(=O)n1c(=O)ccc2ccccc21. The minimum Gasteiger partial charge on any atom is -0.274 e. The Morgan fingerprint density at radius 2 is 1.06 bits per heavy atom. The standard InChI is InChI=1S/C30H47NO2/c1-2-3-4-5-6-7-8-9-10-11-12-13-14-15-16-17-18-19-24-29(32)31-28-23-21-20-22-27(28)25-26-30(31)33/h20-23,25-26H,2-19,24H2,1H3. The first kappa shape index (κ1) is 27.3. The molecule has 0 amide bonds. The molecule has 0 spiro atoms. The first-order valence-electron chi connectivity index (χ1n) is 13.9. The van der Waals surface area contributed by atoms with E-state index < -0.39 is 0 Å². The summed E-state index contributed by atoms with van der Waals surface area (Å²) >= 11 is 0. The molecule has 0 unspecified atom stereocenters. The van der Waals surface area contributed by atoms with Gasteiger partial charge in [0.25, 0.3) is 5.56 Å². The molecule has 0 aliphatic rings. The number of para-hydroxylation sites is 1. The minimum absolute atomic E-state index is 0.0757. The van der Waals surface area contributed by atoms with Gasteiger partial charge in [-0.15, -0.1) is 0 Å². The van der Waals surface area contributed by atoms with Crippen molar-refractivity contribution < 1.29 is 4.79 Å². The Hall–Kier alpha value is -1.90. The average molecular weight is 454 g/mol. The van der Waals surface area contributed by atoms with Crippen LogP contribution in [0.3, 0.4) is 0 Å². The fourth-order valence-corrected chi connectivity index (χ4v) is 4.73. The number of fused-ring (bicyclic) bond motifs is 1. The molecule has 3 nitrogen and oxygen atoms in total. The highest BCUT2D eigenvalue weighted by atomic mass is 16.2. The van der Waals surface area contributed by atoms with E-state index >= 15 is 0 Å². The molecular weight excluding hydrogens is 406 g/mol. The summed E-state index contributed by atoms with van der Waals surface area (Å²) in [4.78, 5) is 24.8. The van der Waals surface area contributed by atoms with Gasteiger partial charge in [-0.25, -0.2) is 4.57 Å². The van der Waals surface area contributed by atoms with E-state index in [2.05, 4.69) is 6.92 Å². The molecule has 2 rings (SSSR count). The highest BCUT2D eigenvalue weighted by Gasteiger charge is 2.10. The van der Waals surface area contributed by atoms with Crippen molar-refractivity contribution >= 4 is 16.8 Å². The number of hydrogen-bond acceptors (Lipinski definition) is 2. The van der Waals surface area contributed by atoms with Gasteiger partial charge in [0.2, 0.25) is 5.91 Å². The lowest BCUT2D eigenvalue weighted by molar-refractivity contribution is 0.0900. The van der Waals surface area contributed by atoms with Gasteiger partial charge in [-0.2, -0.15) is 0 Å². The number of nitrogens with zero attached hydrogens (tertiary/aromatic N) is 1. The van der Waals surface area contributed by atoms with Gasteiger partial charge in [-0.3, -0.25) is 9.59 Å². The summed E-state index contributed by atoms with van der Waals surface area (Å²) in [5.74, 6) is -0.0757. The fraction of sp³-hybridized carbons (Fsp3) is 0.667. The lowest BCUT2D eigenvalue weighted by Crippen LogP contribution is -2.26. The van der Waals surface area contributed by atoms with Gasteiger partial charge in [0.1, 0.15) is 0 Å². The van der Waals surface area contributed by atoms with Crippen LogP contribution in [0.1, 0.15) is 134 Å². The Morgan fingerprint density at radius 3 is 1.58 bits per heavy atom. The molecule has 33 heavy (non-hydrogen) atoms. The summed E-state index contributed by atoms with van der Waals surface area (Å²) in [5.41, 5.74) is 0.499. The summed E-state index contributed by atoms with van der Waals surface area (Å²) in [6, 6.07) is 10.9. The van der Waals surface area contributed by atoms with E-state index in [-0.39, 0.29) is 11.5 Å². The zero-order valence-corrected chi connectivity index (χ0v) is 21.2. The van der Waals surface area contributed by atoms with Crippen molar-refractivity contribution in [1.82, 2.24) is 4.57 Å². The maximum atomic E-state index is 12.6. The Labute approximate surface area is 202 Å². The summed E-state index contributed by atoms with van der Waals surface area (Å²) in [7, 11) is 0. The molecule has 184 valence electrons. The van der Waals surface area contributed by atoms with E-state index in [1.165, 1.54) is 113 Å². The van der Waals surface area contributed by atoms with Crippen LogP contribution < -0.4 is 5.56 Å². The van der Waals surface area contributed by atoms with Crippen molar-refractivity contribution in [2.24, 2.45) is 0 Å².